The zero-order valence-electron chi connectivity index (χ0n) is 20.5. The Morgan fingerprint density at radius 2 is 1.70 bits per heavy atom. The fourth-order valence-corrected chi connectivity index (χ4v) is 4.54. The van der Waals surface area contributed by atoms with Gasteiger partial charge in [-0.05, 0) is 50.3 Å². The smallest absolute Gasteiger partial charge is 0.239 e. The second kappa shape index (κ2) is 13.8. The average molecular weight is 574 g/mol. The van der Waals surface area contributed by atoms with Crippen molar-refractivity contribution in [2.45, 2.75) is 38.6 Å². The van der Waals surface area contributed by atoms with E-state index in [1.807, 2.05) is 24.1 Å². The molecule has 2 aliphatic rings. The van der Waals surface area contributed by atoms with Crippen LogP contribution in [-0.2, 0) is 11.2 Å². The van der Waals surface area contributed by atoms with Crippen molar-refractivity contribution in [3.63, 3.8) is 0 Å². The van der Waals surface area contributed by atoms with Crippen molar-refractivity contribution in [2.24, 2.45) is 4.99 Å². The number of aliphatic imine (C=N–C) groups is 1. The van der Waals surface area contributed by atoms with E-state index in [-0.39, 0.29) is 35.9 Å². The van der Waals surface area contributed by atoms with Gasteiger partial charge in [0.1, 0.15) is 0 Å². The van der Waals surface area contributed by atoms with Gasteiger partial charge in [-0.3, -0.25) is 14.7 Å². The van der Waals surface area contributed by atoms with Crippen LogP contribution in [0.5, 0.6) is 11.5 Å². The number of nitrogens with zero attached hydrogens (tertiary/aromatic N) is 4. The summed E-state index contributed by atoms with van der Waals surface area (Å²) < 4.78 is 10.7. The lowest BCUT2D eigenvalue weighted by molar-refractivity contribution is -0.135. The molecule has 0 aromatic heterocycles. The number of aryl methyl sites for hydroxylation is 1. The number of ether oxygens (including phenoxy) is 2. The fourth-order valence-electron chi connectivity index (χ4n) is 4.54. The van der Waals surface area contributed by atoms with Gasteiger partial charge < -0.3 is 24.6 Å². The number of piperazine rings is 1. The summed E-state index contributed by atoms with van der Waals surface area (Å²) in [5.74, 6) is 2.75. The lowest BCUT2D eigenvalue weighted by Gasteiger charge is -2.39. The molecule has 1 aromatic carbocycles. The molecule has 2 fully saturated rings. The van der Waals surface area contributed by atoms with Gasteiger partial charge in [0.05, 0.1) is 20.3 Å². The second-order valence-electron chi connectivity index (χ2n) is 8.50. The van der Waals surface area contributed by atoms with Crippen molar-refractivity contribution in [1.82, 2.24) is 20.0 Å². The molecule has 0 aliphatic carbocycles. The molecule has 2 heterocycles. The highest BCUT2D eigenvalue weighted by molar-refractivity contribution is 14.0. The van der Waals surface area contributed by atoms with E-state index >= 15 is 0 Å². The molecule has 0 spiro atoms. The Bertz CT molecular complexity index is 777. The van der Waals surface area contributed by atoms with Crippen LogP contribution in [0.4, 0.5) is 0 Å². The molecule has 0 radical (unpaired) electrons. The van der Waals surface area contributed by atoms with E-state index in [9.17, 15) is 4.79 Å². The molecule has 8 nitrogen and oxygen atoms in total. The van der Waals surface area contributed by atoms with E-state index in [2.05, 4.69) is 33.1 Å². The number of rotatable bonds is 8. The van der Waals surface area contributed by atoms with E-state index in [0.29, 0.717) is 0 Å². The summed E-state index contributed by atoms with van der Waals surface area (Å²) >= 11 is 0. The standard InChI is InChI=1S/C24H39N5O3.HI/c1-19(23(30)28-12-5-6-13-28)27-14-16-29(17-15-27)24(25-2)26-11-7-8-20-9-10-21(31-3)22(18-20)32-4;/h9-10,18-19H,5-8,11-17H2,1-4H3,(H,25,26);1H. The topological polar surface area (TPSA) is 69.6 Å². The van der Waals surface area contributed by atoms with Gasteiger partial charge in [-0.15, -0.1) is 24.0 Å². The first kappa shape index (κ1) is 27.5. The van der Waals surface area contributed by atoms with Crippen LogP contribution in [0, 0.1) is 0 Å². The Hall–Kier alpha value is -1.75. The molecule has 186 valence electrons. The summed E-state index contributed by atoms with van der Waals surface area (Å²) in [5.41, 5.74) is 1.23. The van der Waals surface area contributed by atoms with Crippen LogP contribution in [0.2, 0.25) is 0 Å². The molecule has 2 saturated heterocycles. The number of carbonyl (C=O) groups is 1. The van der Waals surface area contributed by atoms with Gasteiger partial charge in [0.25, 0.3) is 0 Å². The summed E-state index contributed by atoms with van der Waals surface area (Å²) in [6.45, 7) is 8.27. The normalized spacial score (nSPS) is 18.0. The maximum absolute atomic E-state index is 12.7. The van der Waals surface area contributed by atoms with Crippen LogP contribution < -0.4 is 14.8 Å². The monoisotopic (exact) mass is 573 g/mol. The lowest BCUT2D eigenvalue weighted by atomic mass is 10.1. The van der Waals surface area contributed by atoms with E-state index in [0.717, 1.165) is 89.0 Å². The number of likely N-dealkylation sites (tertiary alicyclic amines) is 1. The minimum absolute atomic E-state index is 0. The number of halogens is 1. The number of hydrogen-bond acceptors (Lipinski definition) is 5. The molecule has 0 saturated carbocycles. The maximum Gasteiger partial charge on any atom is 0.239 e. The third-order valence-electron chi connectivity index (χ3n) is 6.52. The van der Waals surface area contributed by atoms with Crippen LogP contribution in [-0.4, -0.2) is 99.7 Å². The molecule has 3 rings (SSSR count). The van der Waals surface area contributed by atoms with Crippen LogP contribution >= 0.6 is 24.0 Å². The van der Waals surface area contributed by atoms with Crippen LogP contribution in [0.1, 0.15) is 31.7 Å². The second-order valence-corrected chi connectivity index (χ2v) is 8.50. The SMILES string of the molecule is CN=C(NCCCc1ccc(OC)c(OC)c1)N1CCN(C(C)C(=O)N2CCCC2)CC1.I. The van der Waals surface area contributed by atoms with Crippen LogP contribution in [0.15, 0.2) is 23.2 Å². The Morgan fingerprint density at radius 3 is 2.30 bits per heavy atom. The summed E-state index contributed by atoms with van der Waals surface area (Å²) in [4.78, 5) is 23.8. The van der Waals surface area contributed by atoms with Gasteiger partial charge in [-0.2, -0.15) is 0 Å². The molecule has 1 unspecified atom stereocenters. The van der Waals surface area contributed by atoms with Gasteiger partial charge in [0.2, 0.25) is 5.91 Å². The molecule has 2 aliphatic heterocycles. The first-order valence-corrected chi connectivity index (χ1v) is 11.8. The highest BCUT2D eigenvalue weighted by atomic mass is 127. The number of hydrogen-bond donors (Lipinski definition) is 1. The molecule has 1 aromatic rings. The maximum atomic E-state index is 12.7. The number of guanidine groups is 1. The highest BCUT2D eigenvalue weighted by Gasteiger charge is 2.30. The zero-order chi connectivity index (χ0) is 22.9. The number of benzene rings is 1. The van der Waals surface area contributed by atoms with Gasteiger partial charge in [0.15, 0.2) is 17.5 Å². The van der Waals surface area contributed by atoms with Crippen molar-refractivity contribution in [1.29, 1.82) is 0 Å². The molecule has 1 N–H and O–H groups in total. The average Bonchev–Trinajstić information content (AvgIpc) is 3.38. The van der Waals surface area contributed by atoms with E-state index in [4.69, 9.17) is 9.47 Å². The van der Waals surface area contributed by atoms with Crippen molar-refractivity contribution in [2.75, 3.05) is 67.1 Å². The van der Waals surface area contributed by atoms with Crippen molar-refractivity contribution in [3.05, 3.63) is 23.8 Å². The van der Waals surface area contributed by atoms with Gasteiger partial charge >= 0.3 is 0 Å². The number of carbonyl (C=O) groups excluding carboxylic acids is 1. The number of methoxy groups -OCH3 is 2. The Kier molecular flexibility index (Phi) is 11.5. The summed E-state index contributed by atoms with van der Waals surface area (Å²) in [7, 11) is 5.15. The molecular formula is C24H40IN5O3. The van der Waals surface area contributed by atoms with Crippen molar-refractivity contribution >= 4 is 35.8 Å². The van der Waals surface area contributed by atoms with E-state index in [1.165, 1.54) is 5.56 Å². The third-order valence-corrected chi connectivity index (χ3v) is 6.52. The fraction of sp³-hybridized carbons (Fsp3) is 0.667. The predicted molar refractivity (Wildman–Crippen MR) is 143 cm³/mol. The van der Waals surface area contributed by atoms with Crippen LogP contribution in [0.25, 0.3) is 0 Å². The zero-order valence-corrected chi connectivity index (χ0v) is 22.8. The molecule has 0 bridgehead atoms. The first-order valence-electron chi connectivity index (χ1n) is 11.8. The van der Waals surface area contributed by atoms with Crippen molar-refractivity contribution < 1.29 is 14.3 Å². The minimum Gasteiger partial charge on any atom is -0.493 e. The van der Waals surface area contributed by atoms with Gasteiger partial charge in [-0.25, -0.2) is 0 Å². The Balaban J connectivity index is 0.00000385. The molecule has 9 heteroatoms. The molecule has 1 atom stereocenters. The predicted octanol–water partition coefficient (Wildman–Crippen LogP) is 2.46. The largest absolute Gasteiger partial charge is 0.493 e. The number of nitrogens with one attached hydrogen (secondary N) is 1. The lowest BCUT2D eigenvalue weighted by Crippen LogP contribution is -2.57. The Labute approximate surface area is 215 Å². The highest BCUT2D eigenvalue weighted by Crippen LogP contribution is 2.27. The molecular weight excluding hydrogens is 533 g/mol. The molecule has 1 amide bonds. The van der Waals surface area contributed by atoms with Gasteiger partial charge in [-0.1, -0.05) is 6.07 Å². The first-order chi connectivity index (χ1) is 15.6. The Morgan fingerprint density at radius 1 is 1.03 bits per heavy atom. The third kappa shape index (κ3) is 7.37. The summed E-state index contributed by atoms with van der Waals surface area (Å²) in [5, 5.41) is 3.50. The minimum atomic E-state index is -0.0355. The van der Waals surface area contributed by atoms with Gasteiger partial charge in [0, 0.05) is 52.9 Å². The summed E-state index contributed by atoms with van der Waals surface area (Å²) in [6, 6.07) is 6.04. The van der Waals surface area contributed by atoms with Crippen LogP contribution in [0.3, 0.4) is 0 Å². The van der Waals surface area contributed by atoms with E-state index in [1.54, 1.807) is 14.2 Å². The van der Waals surface area contributed by atoms with Crippen molar-refractivity contribution in [3.8, 4) is 11.5 Å². The van der Waals surface area contributed by atoms with E-state index < -0.39 is 0 Å². The summed E-state index contributed by atoms with van der Waals surface area (Å²) in [6.07, 6.45) is 4.23. The number of amides is 1. The quantitative estimate of drug-likeness (QED) is 0.223. The molecule has 33 heavy (non-hydrogen) atoms.